The summed E-state index contributed by atoms with van der Waals surface area (Å²) in [6, 6.07) is 16.6. The summed E-state index contributed by atoms with van der Waals surface area (Å²) in [7, 11) is 1.70. The molecule has 0 atom stereocenters. The first kappa shape index (κ1) is 19.1. The number of methoxy groups -OCH3 is 1. The van der Waals surface area contributed by atoms with Crippen molar-refractivity contribution in [2.45, 2.75) is 46.8 Å². The number of hydrogen-bond acceptors (Lipinski definition) is 3. The van der Waals surface area contributed by atoms with Crippen molar-refractivity contribution in [1.82, 2.24) is 0 Å². The molecule has 0 radical (unpaired) electrons. The first-order valence-corrected chi connectivity index (χ1v) is 9.44. The van der Waals surface area contributed by atoms with Gasteiger partial charge in [0.25, 0.3) is 0 Å². The van der Waals surface area contributed by atoms with Crippen LogP contribution in [0.25, 0.3) is 21.9 Å². The second-order valence-electron chi connectivity index (χ2n) is 7.34. The van der Waals surface area contributed by atoms with Gasteiger partial charge in [-0.25, -0.2) is 0 Å². The van der Waals surface area contributed by atoms with Gasteiger partial charge in [-0.2, -0.15) is 0 Å². The average Bonchev–Trinajstić information content (AvgIpc) is 2.60. The molecule has 0 spiro atoms. The summed E-state index contributed by atoms with van der Waals surface area (Å²) < 4.78 is 17.5. The van der Waals surface area contributed by atoms with Crippen LogP contribution in [0.5, 0.6) is 17.2 Å². The Morgan fingerprint density at radius 3 is 2.04 bits per heavy atom. The topological polar surface area (TPSA) is 27.7 Å². The van der Waals surface area contributed by atoms with Gasteiger partial charge in [0.15, 0.2) is 0 Å². The zero-order valence-electron chi connectivity index (χ0n) is 17.0. The van der Waals surface area contributed by atoms with Gasteiger partial charge in [-0.05, 0) is 86.8 Å². The van der Waals surface area contributed by atoms with Gasteiger partial charge in [0.1, 0.15) is 17.2 Å². The molecule has 142 valence electrons. The lowest BCUT2D eigenvalue weighted by atomic mass is 9.95. The first-order chi connectivity index (χ1) is 12.9. The molecular formula is C24H28O3. The van der Waals surface area contributed by atoms with E-state index in [0.717, 1.165) is 44.7 Å². The zero-order chi connectivity index (χ0) is 19.6. The molecule has 3 heteroatoms. The fourth-order valence-corrected chi connectivity index (χ4v) is 3.31. The van der Waals surface area contributed by atoms with Crippen LogP contribution in [0.1, 0.15) is 33.3 Å². The second-order valence-corrected chi connectivity index (χ2v) is 7.34. The normalized spacial score (nSPS) is 11.3. The lowest BCUT2D eigenvalue weighted by Crippen LogP contribution is -2.07. The summed E-state index contributed by atoms with van der Waals surface area (Å²) in [5.74, 6) is 2.63. The van der Waals surface area contributed by atoms with E-state index < -0.39 is 0 Å². The second kappa shape index (κ2) is 7.91. The molecule has 0 aliphatic carbocycles. The Morgan fingerprint density at radius 1 is 0.741 bits per heavy atom. The summed E-state index contributed by atoms with van der Waals surface area (Å²) in [4.78, 5) is 0. The number of hydrogen-bond donors (Lipinski definition) is 0. The van der Waals surface area contributed by atoms with Gasteiger partial charge in [-0.3, -0.25) is 0 Å². The summed E-state index contributed by atoms with van der Waals surface area (Å²) >= 11 is 0. The Labute approximate surface area is 161 Å². The standard InChI is InChI=1S/C24H28O3/c1-15(2)26-20-10-7-18-8-12-23(27-16(3)4)24(21(18)14-20)19-9-11-22(25-6)17(5)13-19/h7-16H,1-6H3. The Balaban J connectivity index is 2.25. The summed E-state index contributed by atoms with van der Waals surface area (Å²) in [5, 5.41) is 2.28. The van der Waals surface area contributed by atoms with Crippen molar-refractivity contribution in [3.8, 4) is 28.4 Å². The quantitative estimate of drug-likeness (QED) is 0.506. The summed E-state index contributed by atoms with van der Waals surface area (Å²) in [5.41, 5.74) is 3.29. The van der Waals surface area contributed by atoms with E-state index in [1.807, 2.05) is 39.8 Å². The maximum absolute atomic E-state index is 6.15. The van der Waals surface area contributed by atoms with Crippen LogP contribution in [0, 0.1) is 6.92 Å². The highest BCUT2D eigenvalue weighted by molar-refractivity contribution is 6.00. The highest BCUT2D eigenvalue weighted by Crippen LogP contribution is 2.40. The molecule has 3 aromatic rings. The van der Waals surface area contributed by atoms with Crippen molar-refractivity contribution in [3.05, 3.63) is 54.1 Å². The van der Waals surface area contributed by atoms with Crippen molar-refractivity contribution in [2.75, 3.05) is 7.11 Å². The van der Waals surface area contributed by atoms with Gasteiger partial charge in [0, 0.05) is 5.56 Å². The SMILES string of the molecule is COc1ccc(-c2c(OC(C)C)ccc3ccc(OC(C)C)cc23)cc1C. The van der Waals surface area contributed by atoms with E-state index in [-0.39, 0.29) is 12.2 Å². The number of fused-ring (bicyclic) bond motifs is 1. The van der Waals surface area contributed by atoms with Gasteiger partial charge in [0.05, 0.1) is 19.3 Å². The van der Waals surface area contributed by atoms with Crippen LogP contribution < -0.4 is 14.2 Å². The molecule has 3 aromatic carbocycles. The molecule has 0 aliphatic rings. The van der Waals surface area contributed by atoms with Crippen LogP contribution in [0.3, 0.4) is 0 Å². The van der Waals surface area contributed by atoms with Crippen LogP contribution in [0.4, 0.5) is 0 Å². The first-order valence-electron chi connectivity index (χ1n) is 9.44. The molecule has 0 saturated heterocycles. The molecule has 0 aromatic heterocycles. The number of benzene rings is 3. The van der Waals surface area contributed by atoms with Crippen LogP contribution in [-0.2, 0) is 0 Å². The van der Waals surface area contributed by atoms with Crippen molar-refractivity contribution >= 4 is 10.8 Å². The largest absolute Gasteiger partial charge is 0.496 e. The molecule has 0 fully saturated rings. The van der Waals surface area contributed by atoms with E-state index >= 15 is 0 Å². The fourth-order valence-electron chi connectivity index (χ4n) is 3.31. The van der Waals surface area contributed by atoms with Crippen molar-refractivity contribution in [1.29, 1.82) is 0 Å². The fraction of sp³-hybridized carbons (Fsp3) is 0.333. The van der Waals surface area contributed by atoms with E-state index in [2.05, 4.69) is 43.3 Å². The Bertz CT molecular complexity index is 937. The van der Waals surface area contributed by atoms with Gasteiger partial charge >= 0.3 is 0 Å². The third-order valence-electron chi connectivity index (χ3n) is 4.37. The van der Waals surface area contributed by atoms with E-state index in [4.69, 9.17) is 14.2 Å². The van der Waals surface area contributed by atoms with Crippen LogP contribution in [0.2, 0.25) is 0 Å². The molecule has 0 unspecified atom stereocenters. The Morgan fingerprint density at radius 2 is 1.41 bits per heavy atom. The molecule has 0 heterocycles. The molecule has 0 aliphatic heterocycles. The molecule has 0 N–H and O–H groups in total. The maximum atomic E-state index is 6.15. The minimum atomic E-state index is 0.0932. The minimum absolute atomic E-state index is 0.0932. The predicted molar refractivity (Wildman–Crippen MR) is 112 cm³/mol. The van der Waals surface area contributed by atoms with Crippen LogP contribution in [0.15, 0.2) is 48.5 Å². The third kappa shape index (κ3) is 4.19. The van der Waals surface area contributed by atoms with Crippen LogP contribution >= 0.6 is 0 Å². The van der Waals surface area contributed by atoms with Gasteiger partial charge in [0.2, 0.25) is 0 Å². The van der Waals surface area contributed by atoms with Gasteiger partial charge in [-0.15, -0.1) is 0 Å². The van der Waals surface area contributed by atoms with Crippen molar-refractivity contribution in [3.63, 3.8) is 0 Å². The van der Waals surface area contributed by atoms with E-state index in [9.17, 15) is 0 Å². The van der Waals surface area contributed by atoms with Crippen molar-refractivity contribution in [2.24, 2.45) is 0 Å². The molecule has 0 bridgehead atoms. The Hall–Kier alpha value is -2.68. The molecular weight excluding hydrogens is 336 g/mol. The van der Waals surface area contributed by atoms with Gasteiger partial charge in [-0.1, -0.05) is 18.2 Å². The highest BCUT2D eigenvalue weighted by atomic mass is 16.5. The molecule has 3 rings (SSSR count). The summed E-state index contributed by atoms with van der Waals surface area (Å²) in [6.45, 7) is 10.2. The lowest BCUT2D eigenvalue weighted by Gasteiger charge is -2.19. The van der Waals surface area contributed by atoms with Gasteiger partial charge < -0.3 is 14.2 Å². The lowest BCUT2D eigenvalue weighted by molar-refractivity contribution is 0.242. The maximum Gasteiger partial charge on any atom is 0.128 e. The van der Waals surface area contributed by atoms with E-state index in [1.165, 1.54) is 0 Å². The average molecular weight is 364 g/mol. The molecule has 0 amide bonds. The number of rotatable bonds is 6. The molecule has 3 nitrogen and oxygen atoms in total. The summed E-state index contributed by atoms with van der Waals surface area (Å²) in [6.07, 6.45) is 0.222. The predicted octanol–water partition coefficient (Wildman–Crippen LogP) is 6.40. The smallest absolute Gasteiger partial charge is 0.128 e. The van der Waals surface area contributed by atoms with Crippen molar-refractivity contribution < 1.29 is 14.2 Å². The molecule has 27 heavy (non-hydrogen) atoms. The van der Waals surface area contributed by atoms with Crippen LogP contribution in [-0.4, -0.2) is 19.3 Å². The van der Waals surface area contributed by atoms with E-state index in [0.29, 0.717) is 0 Å². The Kier molecular flexibility index (Phi) is 5.59. The van der Waals surface area contributed by atoms with E-state index in [1.54, 1.807) is 7.11 Å². The number of aryl methyl sites for hydroxylation is 1. The monoisotopic (exact) mass is 364 g/mol. The third-order valence-corrected chi connectivity index (χ3v) is 4.37. The molecule has 0 saturated carbocycles. The minimum Gasteiger partial charge on any atom is -0.496 e. The highest BCUT2D eigenvalue weighted by Gasteiger charge is 2.15. The zero-order valence-corrected chi connectivity index (χ0v) is 17.0. The number of ether oxygens (including phenoxy) is 3.